The summed E-state index contributed by atoms with van der Waals surface area (Å²) in [4.78, 5) is 4.56. The van der Waals surface area contributed by atoms with Gasteiger partial charge in [0.2, 0.25) is 5.88 Å². The largest absolute Gasteiger partial charge is 0.474 e. The molecule has 0 bridgehead atoms. The Labute approximate surface area is 184 Å². The van der Waals surface area contributed by atoms with Crippen LogP contribution in [0.25, 0.3) is 0 Å². The van der Waals surface area contributed by atoms with Crippen molar-refractivity contribution in [2.24, 2.45) is 4.99 Å². The third-order valence-corrected chi connectivity index (χ3v) is 5.36. The Morgan fingerprint density at radius 2 is 1.83 bits per heavy atom. The fraction of sp³-hybridized carbons (Fsp3) is 0.720. The Hall–Kier alpha value is -1.43. The van der Waals surface area contributed by atoms with Gasteiger partial charge in [-0.25, -0.2) is 4.99 Å². The maximum atomic E-state index is 7.57. The molecule has 1 aliphatic heterocycles. The summed E-state index contributed by atoms with van der Waals surface area (Å²) in [6.45, 7) is 16.2. The topological polar surface area (TPSA) is 63.1 Å². The molecule has 2 aliphatic carbocycles. The third-order valence-electron chi connectivity index (χ3n) is 5.36. The molecule has 1 heterocycles. The molecule has 1 saturated heterocycles. The van der Waals surface area contributed by atoms with Crippen LogP contribution in [0.1, 0.15) is 79.1 Å². The highest BCUT2D eigenvalue weighted by Crippen LogP contribution is 2.37. The molecule has 0 spiro atoms. The van der Waals surface area contributed by atoms with Crippen molar-refractivity contribution in [3.63, 3.8) is 0 Å². The summed E-state index contributed by atoms with van der Waals surface area (Å²) in [6.07, 6.45) is 11.9. The van der Waals surface area contributed by atoms with Crippen LogP contribution in [-0.4, -0.2) is 50.3 Å². The maximum Gasteiger partial charge on any atom is 0.221 e. The lowest BCUT2D eigenvalue weighted by Crippen LogP contribution is -2.30. The molecule has 2 fully saturated rings. The van der Waals surface area contributed by atoms with E-state index in [0.29, 0.717) is 6.10 Å². The van der Waals surface area contributed by atoms with E-state index in [-0.39, 0.29) is 6.61 Å². The molecule has 5 nitrogen and oxygen atoms in total. The van der Waals surface area contributed by atoms with Gasteiger partial charge in [-0.15, -0.1) is 0 Å². The summed E-state index contributed by atoms with van der Waals surface area (Å²) >= 11 is 0. The summed E-state index contributed by atoms with van der Waals surface area (Å²) in [5, 5.41) is 10.7. The zero-order valence-corrected chi connectivity index (χ0v) is 19.8. The summed E-state index contributed by atoms with van der Waals surface area (Å²) in [5.41, 5.74) is 5.12. The van der Waals surface area contributed by atoms with Crippen LogP contribution in [0.15, 0.2) is 39.7 Å². The van der Waals surface area contributed by atoms with E-state index < -0.39 is 0 Å². The fourth-order valence-corrected chi connectivity index (χ4v) is 3.93. The summed E-state index contributed by atoms with van der Waals surface area (Å²) in [6, 6.07) is 0. The Balaban J connectivity index is 0.000000415. The zero-order chi connectivity index (χ0) is 22.2. The van der Waals surface area contributed by atoms with Gasteiger partial charge in [0, 0.05) is 31.5 Å². The molecule has 0 amide bonds. The van der Waals surface area contributed by atoms with Crippen molar-refractivity contribution in [3.8, 4) is 0 Å². The second-order valence-corrected chi connectivity index (χ2v) is 8.02. The lowest BCUT2D eigenvalue weighted by Gasteiger charge is -2.25. The molecular weight excluding hydrogens is 376 g/mol. The monoisotopic (exact) mass is 420 g/mol. The SMILES string of the molecule is C1COCCN1.C=C(C)/C(C1=C(C)CCC1)=C(\N=C/C)OC1CCCCC1.CCO. The second kappa shape index (κ2) is 16.3. The van der Waals surface area contributed by atoms with E-state index in [1.807, 2.05) is 13.1 Å². The van der Waals surface area contributed by atoms with Gasteiger partial charge < -0.3 is 19.9 Å². The normalized spacial score (nSPS) is 20.7. The van der Waals surface area contributed by atoms with Crippen molar-refractivity contribution < 1.29 is 14.6 Å². The van der Waals surface area contributed by atoms with Crippen LogP contribution in [-0.2, 0) is 9.47 Å². The Morgan fingerprint density at radius 3 is 2.23 bits per heavy atom. The molecule has 30 heavy (non-hydrogen) atoms. The average molecular weight is 421 g/mol. The van der Waals surface area contributed by atoms with Crippen molar-refractivity contribution in [2.75, 3.05) is 32.9 Å². The molecule has 0 aromatic heterocycles. The van der Waals surface area contributed by atoms with Crippen molar-refractivity contribution in [1.82, 2.24) is 5.32 Å². The molecule has 3 rings (SSSR count). The summed E-state index contributed by atoms with van der Waals surface area (Å²) in [7, 11) is 0. The van der Waals surface area contributed by atoms with Gasteiger partial charge in [0.1, 0.15) is 6.10 Å². The highest BCUT2D eigenvalue weighted by molar-refractivity contribution is 5.58. The van der Waals surface area contributed by atoms with Crippen LogP contribution >= 0.6 is 0 Å². The average Bonchev–Trinajstić information content (AvgIpc) is 3.17. The Kier molecular flexibility index (Phi) is 14.4. The molecule has 172 valence electrons. The fourth-order valence-electron chi connectivity index (χ4n) is 3.93. The number of nitrogens with one attached hydrogen (secondary N) is 1. The maximum absolute atomic E-state index is 7.57. The first-order valence-electron chi connectivity index (χ1n) is 11.7. The van der Waals surface area contributed by atoms with Gasteiger partial charge in [-0.05, 0) is 83.8 Å². The van der Waals surface area contributed by atoms with Crippen LogP contribution in [0.4, 0.5) is 0 Å². The number of nitrogens with zero attached hydrogens (tertiary/aromatic N) is 1. The number of aliphatic imine (C=N–C) groups is 1. The number of aliphatic hydroxyl groups is 1. The number of aliphatic hydroxyl groups excluding tert-OH is 1. The quantitative estimate of drug-likeness (QED) is 0.359. The van der Waals surface area contributed by atoms with Crippen molar-refractivity contribution in [3.05, 3.63) is 34.8 Å². The van der Waals surface area contributed by atoms with E-state index >= 15 is 0 Å². The Bertz CT molecular complexity index is 572. The lowest BCUT2D eigenvalue weighted by atomic mass is 9.96. The minimum absolute atomic E-state index is 0.250. The van der Waals surface area contributed by atoms with Crippen LogP contribution in [0.5, 0.6) is 0 Å². The minimum atomic E-state index is 0.250. The van der Waals surface area contributed by atoms with Crippen molar-refractivity contribution >= 4 is 6.21 Å². The smallest absolute Gasteiger partial charge is 0.221 e. The molecule has 0 atom stereocenters. The molecular formula is C25H44N2O3. The third kappa shape index (κ3) is 10.1. The summed E-state index contributed by atoms with van der Waals surface area (Å²) in [5.74, 6) is 0.799. The number of allylic oxidation sites excluding steroid dienone is 4. The first-order chi connectivity index (χ1) is 14.5. The van der Waals surface area contributed by atoms with E-state index in [4.69, 9.17) is 14.6 Å². The number of hydrogen-bond donors (Lipinski definition) is 2. The highest BCUT2D eigenvalue weighted by atomic mass is 16.5. The molecule has 0 unspecified atom stereocenters. The van der Waals surface area contributed by atoms with E-state index in [2.05, 4.69) is 30.7 Å². The highest BCUT2D eigenvalue weighted by Gasteiger charge is 2.23. The van der Waals surface area contributed by atoms with Crippen LogP contribution < -0.4 is 5.32 Å². The van der Waals surface area contributed by atoms with Gasteiger partial charge in [0.05, 0.1) is 13.2 Å². The molecule has 1 saturated carbocycles. The van der Waals surface area contributed by atoms with Gasteiger partial charge in [-0.1, -0.05) is 18.6 Å². The Morgan fingerprint density at radius 1 is 1.20 bits per heavy atom. The predicted molar refractivity (Wildman–Crippen MR) is 127 cm³/mol. The van der Waals surface area contributed by atoms with E-state index in [0.717, 1.165) is 62.6 Å². The molecule has 5 heteroatoms. The predicted octanol–water partition coefficient (Wildman–Crippen LogP) is 5.32. The first kappa shape index (κ1) is 26.6. The second-order valence-electron chi connectivity index (χ2n) is 8.02. The molecule has 0 aromatic carbocycles. The van der Waals surface area contributed by atoms with Gasteiger partial charge >= 0.3 is 0 Å². The number of morpholine rings is 1. The first-order valence-corrected chi connectivity index (χ1v) is 11.7. The van der Waals surface area contributed by atoms with Gasteiger partial charge in [-0.2, -0.15) is 0 Å². The number of hydrogen-bond acceptors (Lipinski definition) is 5. The zero-order valence-electron chi connectivity index (χ0n) is 19.8. The standard InChI is InChI=1S/C19H29NO.C4H9NO.C2H6O/c1-5-20-19(21-16-11-7-6-8-12-16)18(14(2)3)17-13-9-10-15(17)4;1-3-6-4-2-5-1;1-2-3/h5,16H,2,6-13H2,1,3-4H3;5H,1-4H2;3H,2H2,1H3/b19-18-,20-5-;;. The van der Waals surface area contributed by atoms with Crippen LogP contribution in [0, 0.1) is 0 Å². The number of ether oxygens (including phenoxy) is 2. The van der Waals surface area contributed by atoms with Gasteiger partial charge in [0.25, 0.3) is 0 Å². The van der Waals surface area contributed by atoms with Crippen molar-refractivity contribution in [2.45, 2.75) is 85.2 Å². The minimum Gasteiger partial charge on any atom is -0.474 e. The molecule has 0 aromatic rings. The molecule has 2 N–H and O–H groups in total. The molecule has 0 radical (unpaired) electrons. The van der Waals surface area contributed by atoms with E-state index in [1.54, 1.807) is 6.92 Å². The van der Waals surface area contributed by atoms with Crippen molar-refractivity contribution in [1.29, 1.82) is 0 Å². The summed E-state index contributed by atoms with van der Waals surface area (Å²) < 4.78 is 11.3. The molecule has 3 aliphatic rings. The van der Waals surface area contributed by atoms with Crippen LogP contribution in [0.3, 0.4) is 0 Å². The lowest BCUT2D eigenvalue weighted by molar-refractivity contribution is 0.0800. The van der Waals surface area contributed by atoms with E-state index in [1.165, 1.54) is 43.3 Å². The van der Waals surface area contributed by atoms with Crippen LogP contribution in [0.2, 0.25) is 0 Å². The van der Waals surface area contributed by atoms with Gasteiger partial charge in [-0.3, -0.25) is 0 Å². The van der Waals surface area contributed by atoms with Gasteiger partial charge in [0.15, 0.2) is 0 Å². The van der Waals surface area contributed by atoms with E-state index in [9.17, 15) is 0 Å². The number of rotatable bonds is 5.